The molecule has 2 heteroatoms. The summed E-state index contributed by atoms with van der Waals surface area (Å²) in [7, 11) is 0. The molecule has 0 radical (unpaired) electrons. The first-order chi connectivity index (χ1) is 6.24. The maximum absolute atomic E-state index is 3.70. The van der Waals surface area contributed by atoms with Crippen LogP contribution >= 0.6 is 11.8 Å². The smallest absolute Gasteiger partial charge is 0.0198 e. The molecule has 78 valence electrons. The molecule has 0 aliphatic heterocycles. The highest BCUT2D eigenvalue weighted by Gasteiger charge is 2.23. The molecule has 2 unspecified atom stereocenters. The fourth-order valence-corrected chi connectivity index (χ4v) is 2.96. The van der Waals surface area contributed by atoms with Gasteiger partial charge < -0.3 is 5.32 Å². The molecule has 0 amide bonds. The standard InChI is InChI=1S/C11H23NS/c1-9(2)8-12-10-6-4-5-7-11(10)13-3/h9-12H,4-8H2,1-3H3. The van der Waals surface area contributed by atoms with Crippen LogP contribution in [0.3, 0.4) is 0 Å². The van der Waals surface area contributed by atoms with Gasteiger partial charge in [0.1, 0.15) is 0 Å². The maximum atomic E-state index is 3.70. The molecule has 0 bridgehead atoms. The molecule has 0 aromatic rings. The minimum Gasteiger partial charge on any atom is -0.313 e. The van der Waals surface area contributed by atoms with Crippen molar-refractivity contribution in [1.82, 2.24) is 5.32 Å². The minimum atomic E-state index is 0.782. The van der Waals surface area contributed by atoms with Gasteiger partial charge in [-0.15, -0.1) is 0 Å². The second-order valence-electron chi connectivity index (χ2n) is 4.47. The predicted molar refractivity (Wildman–Crippen MR) is 62.4 cm³/mol. The maximum Gasteiger partial charge on any atom is 0.0198 e. The van der Waals surface area contributed by atoms with Crippen LogP contribution in [0.4, 0.5) is 0 Å². The monoisotopic (exact) mass is 201 g/mol. The number of nitrogens with one attached hydrogen (secondary N) is 1. The lowest BCUT2D eigenvalue weighted by molar-refractivity contribution is 0.367. The van der Waals surface area contributed by atoms with Crippen molar-refractivity contribution < 1.29 is 0 Å². The van der Waals surface area contributed by atoms with Crippen LogP contribution < -0.4 is 5.32 Å². The van der Waals surface area contributed by atoms with Crippen LogP contribution in [0.15, 0.2) is 0 Å². The highest BCUT2D eigenvalue weighted by atomic mass is 32.2. The van der Waals surface area contributed by atoms with Gasteiger partial charge in [0.25, 0.3) is 0 Å². The molecule has 1 aliphatic carbocycles. The molecule has 1 saturated carbocycles. The first kappa shape index (κ1) is 11.4. The number of hydrogen-bond acceptors (Lipinski definition) is 2. The summed E-state index contributed by atoms with van der Waals surface area (Å²) in [6.07, 6.45) is 7.91. The Morgan fingerprint density at radius 1 is 1.31 bits per heavy atom. The van der Waals surface area contributed by atoms with E-state index in [0.29, 0.717) is 0 Å². The van der Waals surface area contributed by atoms with Gasteiger partial charge in [0, 0.05) is 11.3 Å². The molecule has 0 saturated heterocycles. The summed E-state index contributed by atoms with van der Waals surface area (Å²) in [6.45, 7) is 5.75. The first-order valence-corrected chi connectivity index (χ1v) is 6.79. The molecule has 1 rings (SSSR count). The van der Waals surface area contributed by atoms with Gasteiger partial charge in [0.2, 0.25) is 0 Å². The number of thioether (sulfide) groups is 1. The van der Waals surface area contributed by atoms with Gasteiger partial charge in [-0.25, -0.2) is 0 Å². The Bertz CT molecular complexity index is 136. The van der Waals surface area contributed by atoms with Crippen LogP contribution in [0.1, 0.15) is 39.5 Å². The molecule has 0 aromatic carbocycles. The fraction of sp³-hybridized carbons (Fsp3) is 1.00. The SMILES string of the molecule is CSC1CCCCC1NCC(C)C. The molecule has 1 nitrogen and oxygen atoms in total. The van der Waals surface area contributed by atoms with Crippen molar-refractivity contribution >= 4 is 11.8 Å². The van der Waals surface area contributed by atoms with E-state index in [-0.39, 0.29) is 0 Å². The molecule has 1 N–H and O–H groups in total. The Hall–Kier alpha value is 0.310. The van der Waals surface area contributed by atoms with E-state index >= 15 is 0 Å². The van der Waals surface area contributed by atoms with E-state index in [1.807, 2.05) is 11.8 Å². The normalized spacial score (nSPS) is 29.5. The van der Waals surface area contributed by atoms with Gasteiger partial charge in [-0.05, 0) is 31.6 Å². The van der Waals surface area contributed by atoms with Crippen LogP contribution in [0.2, 0.25) is 0 Å². The van der Waals surface area contributed by atoms with E-state index < -0.39 is 0 Å². The molecule has 13 heavy (non-hydrogen) atoms. The first-order valence-electron chi connectivity index (χ1n) is 5.50. The van der Waals surface area contributed by atoms with E-state index in [2.05, 4.69) is 25.4 Å². The fourth-order valence-electron chi connectivity index (χ4n) is 2.00. The quantitative estimate of drug-likeness (QED) is 0.750. The predicted octanol–water partition coefficient (Wildman–Crippen LogP) is 2.91. The van der Waals surface area contributed by atoms with Gasteiger partial charge >= 0.3 is 0 Å². The van der Waals surface area contributed by atoms with Crippen LogP contribution in [0, 0.1) is 5.92 Å². The van der Waals surface area contributed by atoms with Crippen LogP contribution in [0.5, 0.6) is 0 Å². The molecule has 0 aromatic heterocycles. The average molecular weight is 201 g/mol. The molecular weight excluding hydrogens is 178 g/mol. The van der Waals surface area contributed by atoms with E-state index in [0.717, 1.165) is 17.2 Å². The number of rotatable bonds is 4. The summed E-state index contributed by atoms with van der Waals surface area (Å²) in [6, 6.07) is 0.783. The molecule has 0 spiro atoms. The lowest BCUT2D eigenvalue weighted by Crippen LogP contribution is -2.41. The lowest BCUT2D eigenvalue weighted by atomic mass is 9.94. The van der Waals surface area contributed by atoms with Crippen molar-refractivity contribution in [2.24, 2.45) is 5.92 Å². The summed E-state index contributed by atoms with van der Waals surface area (Å²) in [5, 5.41) is 4.57. The van der Waals surface area contributed by atoms with E-state index in [4.69, 9.17) is 0 Å². The third kappa shape index (κ3) is 3.90. The Kier molecular flexibility index (Phi) is 5.18. The zero-order valence-electron chi connectivity index (χ0n) is 9.18. The summed E-state index contributed by atoms with van der Waals surface area (Å²) in [4.78, 5) is 0. The zero-order chi connectivity index (χ0) is 9.68. The Morgan fingerprint density at radius 3 is 2.62 bits per heavy atom. The molecule has 1 fully saturated rings. The van der Waals surface area contributed by atoms with Gasteiger partial charge in [-0.2, -0.15) is 11.8 Å². The molecule has 2 atom stereocenters. The summed E-state index contributed by atoms with van der Waals surface area (Å²) in [5.74, 6) is 0.782. The van der Waals surface area contributed by atoms with Gasteiger partial charge in [-0.1, -0.05) is 26.7 Å². The Labute approximate surface area is 87.1 Å². The van der Waals surface area contributed by atoms with Crippen molar-refractivity contribution in [3.63, 3.8) is 0 Å². The minimum absolute atomic E-state index is 0.782. The largest absolute Gasteiger partial charge is 0.313 e. The topological polar surface area (TPSA) is 12.0 Å². The molecule has 1 aliphatic rings. The molecular formula is C11H23NS. The Morgan fingerprint density at radius 2 is 2.00 bits per heavy atom. The van der Waals surface area contributed by atoms with Gasteiger partial charge in [0.15, 0.2) is 0 Å². The Balaban J connectivity index is 2.27. The average Bonchev–Trinajstić information content (AvgIpc) is 2.15. The third-order valence-electron chi connectivity index (χ3n) is 2.79. The second-order valence-corrected chi connectivity index (χ2v) is 5.54. The van der Waals surface area contributed by atoms with Crippen molar-refractivity contribution in [3.8, 4) is 0 Å². The lowest BCUT2D eigenvalue weighted by Gasteiger charge is -2.31. The second kappa shape index (κ2) is 5.92. The molecule has 0 heterocycles. The van der Waals surface area contributed by atoms with Crippen molar-refractivity contribution in [1.29, 1.82) is 0 Å². The number of hydrogen-bond donors (Lipinski definition) is 1. The van der Waals surface area contributed by atoms with Crippen molar-refractivity contribution in [2.45, 2.75) is 50.8 Å². The summed E-state index contributed by atoms with van der Waals surface area (Å²) in [5.41, 5.74) is 0. The van der Waals surface area contributed by atoms with Crippen molar-refractivity contribution in [3.05, 3.63) is 0 Å². The highest BCUT2D eigenvalue weighted by molar-refractivity contribution is 7.99. The van der Waals surface area contributed by atoms with Crippen LogP contribution in [-0.4, -0.2) is 24.1 Å². The van der Waals surface area contributed by atoms with Crippen LogP contribution in [-0.2, 0) is 0 Å². The summed E-state index contributed by atoms with van der Waals surface area (Å²) >= 11 is 2.04. The van der Waals surface area contributed by atoms with Gasteiger partial charge in [-0.3, -0.25) is 0 Å². The van der Waals surface area contributed by atoms with E-state index in [9.17, 15) is 0 Å². The van der Waals surface area contributed by atoms with Gasteiger partial charge in [0.05, 0.1) is 0 Å². The summed E-state index contributed by atoms with van der Waals surface area (Å²) < 4.78 is 0. The highest BCUT2D eigenvalue weighted by Crippen LogP contribution is 2.27. The van der Waals surface area contributed by atoms with E-state index in [1.54, 1.807) is 0 Å². The third-order valence-corrected chi connectivity index (χ3v) is 3.96. The van der Waals surface area contributed by atoms with E-state index in [1.165, 1.54) is 32.2 Å². The van der Waals surface area contributed by atoms with Crippen molar-refractivity contribution in [2.75, 3.05) is 12.8 Å². The zero-order valence-corrected chi connectivity index (χ0v) is 9.99. The van der Waals surface area contributed by atoms with Crippen LogP contribution in [0.25, 0.3) is 0 Å².